The van der Waals surface area contributed by atoms with Crippen LogP contribution < -0.4 is 0 Å². The van der Waals surface area contributed by atoms with Gasteiger partial charge >= 0.3 is 0 Å². The molecule has 0 aromatic rings. The molecule has 0 saturated carbocycles. The highest BCUT2D eigenvalue weighted by atomic mass is 32.2. The first-order chi connectivity index (χ1) is 5.25. The van der Waals surface area contributed by atoms with Crippen LogP contribution in [-0.2, 0) is 4.79 Å². The highest BCUT2D eigenvalue weighted by Gasteiger charge is 2.24. The monoisotopic (exact) mass is 173 g/mol. The molecule has 0 aromatic heterocycles. The second-order valence-corrected chi connectivity index (χ2v) is 4.46. The third kappa shape index (κ3) is 2.20. The molecule has 0 spiro atoms. The summed E-state index contributed by atoms with van der Waals surface area (Å²) in [4.78, 5) is 12.5. The molecule has 1 fully saturated rings. The highest BCUT2D eigenvalue weighted by molar-refractivity contribution is 8.00. The summed E-state index contributed by atoms with van der Waals surface area (Å²) in [6.45, 7) is 6.09. The van der Waals surface area contributed by atoms with E-state index in [1.165, 1.54) is 5.75 Å². The number of hydrogen-bond donors (Lipinski definition) is 0. The topological polar surface area (TPSA) is 20.3 Å². The van der Waals surface area contributed by atoms with Crippen molar-refractivity contribution in [3.8, 4) is 0 Å². The van der Waals surface area contributed by atoms with Crippen LogP contribution in [0.5, 0.6) is 0 Å². The van der Waals surface area contributed by atoms with Gasteiger partial charge in [0.15, 0.2) is 0 Å². The zero-order chi connectivity index (χ0) is 8.27. The van der Waals surface area contributed by atoms with Crippen LogP contribution in [0.1, 0.15) is 13.8 Å². The summed E-state index contributed by atoms with van der Waals surface area (Å²) < 4.78 is 0. The Morgan fingerprint density at radius 3 is 3.00 bits per heavy atom. The highest BCUT2D eigenvalue weighted by Crippen LogP contribution is 2.23. The summed E-state index contributed by atoms with van der Waals surface area (Å²) in [6, 6.07) is 0.555. The van der Waals surface area contributed by atoms with Gasteiger partial charge < -0.3 is 4.79 Å². The van der Waals surface area contributed by atoms with Gasteiger partial charge in [-0.1, -0.05) is 6.92 Å². The summed E-state index contributed by atoms with van der Waals surface area (Å²) in [5, 5.41) is 0.670. The molecule has 0 N–H and O–H groups in total. The Labute approximate surface area is 72.3 Å². The molecule has 1 rings (SSSR count). The number of aldehydes is 1. The molecule has 3 heteroatoms. The second kappa shape index (κ2) is 4.12. The van der Waals surface area contributed by atoms with Gasteiger partial charge in [-0.15, -0.1) is 0 Å². The summed E-state index contributed by atoms with van der Waals surface area (Å²) in [6.07, 6.45) is 0.999. The maximum absolute atomic E-state index is 10.3. The summed E-state index contributed by atoms with van der Waals surface area (Å²) in [5.74, 6) is 1.17. The smallest absolute Gasteiger partial charge is 0.133 e. The number of rotatable bonds is 2. The van der Waals surface area contributed by atoms with Crippen molar-refractivity contribution in [2.45, 2.75) is 25.1 Å². The summed E-state index contributed by atoms with van der Waals surface area (Å²) in [7, 11) is 0. The van der Waals surface area contributed by atoms with E-state index in [0.29, 0.717) is 17.8 Å². The molecule has 0 aromatic carbocycles. The van der Waals surface area contributed by atoms with Crippen LogP contribution in [0.4, 0.5) is 0 Å². The number of hydrogen-bond acceptors (Lipinski definition) is 3. The maximum Gasteiger partial charge on any atom is 0.133 e. The standard InChI is InChI=1S/C8H15NOS/c1-7-8(2)11-6-4-9(7)3-5-10/h5,7-8H,3-4,6H2,1-2H3. The van der Waals surface area contributed by atoms with E-state index in [2.05, 4.69) is 18.7 Å². The van der Waals surface area contributed by atoms with E-state index in [0.717, 1.165) is 12.8 Å². The summed E-state index contributed by atoms with van der Waals surface area (Å²) in [5.41, 5.74) is 0. The van der Waals surface area contributed by atoms with Crippen molar-refractivity contribution in [2.75, 3.05) is 18.8 Å². The van der Waals surface area contributed by atoms with E-state index < -0.39 is 0 Å². The van der Waals surface area contributed by atoms with Crippen LogP contribution in [0.25, 0.3) is 0 Å². The van der Waals surface area contributed by atoms with Crippen LogP contribution in [0.15, 0.2) is 0 Å². The largest absolute Gasteiger partial charge is 0.302 e. The van der Waals surface area contributed by atoms with Gasteiger partial charge in [-0.3, -0.25) is 4.90 Å². The van der Waals surface area contributed by atoms with E-state index >= 15 is 0 Å². The average molecular weight is 173 g/mol. The lowest BCUT2D eigenvalue weighted by molar-refractivity contribution is -0.109. The van der Waals surface area contributed by atoms with Crippen molar-refractivity contribution < 1.29 is 4.79 Å². The van der Waals surface area contributed by atoms with Crippen LogP contribution in [0.3, 0.4) is 0 Å². The third-order valence-electron chi connectivity index (χ3n) is 2.32. The fourth-order valence-corrected chi connectivity index (χ4v) is 2.51. The van der Waals surface area contributed by atoms with Gasteiger partial charge in [-0.05, 0) is 6.92 Å². The molecule has 0 radical (unpaired) electrons. The van der Waals surface area contributed by atoms with Crippen molar-refractivity contribution in [3.63, 3.8) is 0 Å². The SMILES string of the molecule is CC1SCCN(CC=O)C1C. The molecule has 1 aliphatic heterocycles. The maximum atomic E-state index is 10.3. The van der Waals surface area contributed by atoms with Gasteiger partial charge in [0.1, 0.15) is 6.29 Å². The fraction of sp³-hybridized carbons (Fsp3) is 0.875. The molecule has 1 heterocycles. The van der Waals surface area contributed by atoms with Crippen molar-refractivity contribution in [2.24, 2.45) is 0 Å². The first kappa shape index (κ1) is 9.07. The molecule has 0 bridgehead atoms. The Balaban J connectivity index is 2.43. The van der Waals surface area contributed by atoms with E-state index in [4.69, 9.17) is 0 Å². The Hall–Kier alpha value is -0.0200. The lowest BCUT2D eigenvalue weighted by Crippen LogP contribution is -2.45. The molecular formula is C8H15NOS. The molecule has 0 aliphatic carbocycles. The number of nitrogens with zero attached hydrogens (tertiary/aromatic N) is 1. The molecule has 0 amide bonds. The lowest BCUT2D eigenvalue weighted by atomic mass is 10.2. The number of carbonyl (C=O) groups excluding carboxylic acids is 1. The predicted octanol–water partition coefficient (Wildman–Crippen LogP) is 1.01. The Morgan fingerprint density at radius 2 is 2.36 bits per heavy atom. The molecule has 2 unspecified atom stereocenters. The summed E-state index contributed by atoms with van der Waals surface area (Å²) >= 11 is 2.00. The van der Waals surface area contributed by atoms with Crippen LogP contribution in [0, 0.1) is 0 Å². The molecular weight excluding hydrogens is 158 g/mol. The van der Waals surface area contributed by atoms with Gasteiger partial charge in [0.25, 0.3) is 0 Å². The number of carbonyl (C=O) groups is 1. The Bertz CT molecular complexity index is 140. The molecule has 2 atom stereocenters. The van der Waals surface area contributed by atoms with Crippen LogP contribution in [0.2, 0.25) is 0 Å². The zero-order valence-corrected chi connectivity index (χ0v) is 7.93. The molecule has 1 aliphatic rings. The van der Waals surface area contributed by atoms with Gasteiger partial charge in [-0.2, -0.15) is 11.8 Å². The molecule has 11 heavy (non-hydrogen) atoms. The van der Waals surface area contributed by atoms with Crippen molar-refractivity contribution in [1.82, 2.24) is 4.90 Å². The predicted molar refractivity (Wildman–Crippen MR) is 49.0 cm³/mol. The Morgan fingerprint density at radius 1 is 1.64 bits per heavy atom. The molecule has 64 valence electrons. The average Bonchev–Trinajstić information content (AvgIpc) is 1.99. The Kier molecular flexibility index (Phi) is 3.40. The third-order valence-corrected chi connectivity index (χ3v) is 3.66. The van der Waals surface area contributed by atoms with E-state index in [1.807, 2.05) is 11.8 Å². The van der Waals surface area contributed by atoms with Gasteiger partial charge in [-0.25, -0.2) is 0 Å². The van der Waals surface area contributed by atoms with E-state index in [-0.39, 0.29) is 0 Å². The second-order valence-electron chi connectivity index (χ2n) is 2.98. The lowest BCUT2D eigenvalue weighted by Gasteiger charge is -2.36. The first-order valence-corrected chi connectivity index (χ1v) is 5.10. The van der Waals surface area contributed by atoms with Gasteiger partial charge in [0, 0.05) is 23.6 Å². The van der Waals surface area contributed by atoms with Crippen molar-refractivity contribution >= 4 is 18.0 Å². The van der Waals surface area contributed by atoms with Crippen molar-refractivity contribution in [3.05, 3.63) is 0 Å². The molecule has 2 nitrogen and oxygen atoms in total. The number of thioether (sulfide) groups is 1. The van der Waals surface area contributed by atoms with E-state index in [9.17, 15) is 4.79 Å². The minimum Gasteiger partial charge on any atom is -0.302 e. The molecule has 1 saturated heterocycles. The minimum absolute atomic E-state index is 0.555. The quantitative estimate of drug-likeness (QED) is 0.581. The van der Waals surface area contributed by atoms with Crippen molar-refractivity contribution in [1.29, 1.82) is 0 Å². The fourth-order valence-electron chi connectivity index (χ4n) is 1.35. The van der Waals surface area contributed by atoms with Crippen LogP contribution >= 0.6 is 11.8 Å². The van der Waals surface area contributed by atoms with E-state index in [1.54, 1.807) is 0 Å². The van der Waals surface area contributed by atoms with Crippen LogP contribution in [-0.4, -0.2) is 41.3 Å². The normalized spacial score (nSPS) is 33.6. The van der Waals surface area contributed by atoms with Gasteiger partial charge in [0.2, 0.25) is 0 Å². The minimum atomic E-state index is 0.555. The first-order valence-electron chi connectivity index (χ1n) is 4.05. The zero-order valence-electron chi connectivity index (χ0n) is 7.12. The van der Waals surface area contributed by atoms with Gasteiger partial charge in [0.05, 0.1) is 6.54 Å².